The van der Waals surface area contributed by atoms with Crippen molar-refractivity contribution in [1.82, 2.24) is 5.32 Å². The van der Waals surface area contributed by atoms with Gasteiger partial charge in [0, 0.05) is 12.1 Å². The summed E-state index contributed by atoms with van der Waals surface area (Å²) in [4.78, 5) is 12.3. The van der Waals surface area contributed by atoms with E-state index in [1.54, 1.807) is 0 Å². The lowest BCUT2D eigenvalue weighted by Crippen LogP contribution is -2.28. The van der Waals surface area contributed by atoms with Gasteiger partial charge in [-0.25, -0.2) is 0 Å². The Morgan fingerprint density at radius 3 is 2.42 bits per heavy atom. The molecule has 3 aromatic carbocycles. The zero-order valence-corrected chi connectivity index (χ0v) is 13.9. The van der Waals surface area contributed by atoms with Gasteiger partial charge in [0.2, 0.25) is 0 Å². The van der Waals surface area contributed by atoms with Gasteiger partial charge in [-0.05, 0) is 42.3 Å². The summed E-state index contributed by atoms with van der Waals surface area (Å²) in [5, 5.41) is 15.4. The minimum Gasteiger partial charge on any atom is -0.387 e. The van der Waals surface area contributed by atoms with Crippen LogP contribution >= 0.6 is 0 Å². The maximum atomic E-state index is 12.3. The molecule has 0 aliphatic heterocycles. The van der Waals surface area contributed by atoms with Gasteiger partial charge in [0.25, 0.3) is 5.91 Å². The van der Waals surface area contributed by atoms with Crippen molar-refractivity contribution in [3.8, 4) is 0 Å². The molecule has 122 valence electrons. The molecule has 3 nitrogen and oxygen atoms in total. The summed E-state index contributed by atoms with van der Waals surface area (Å²) >= 11 is 0. The monoisotopic (exact) mass is 319 g/mol. The van der Waals surface area contributed by atoms with Gasteiger partial charge in [0.05, 0.1) is 6.10 Å². The molecule has 0 bridgehead atoms. The summed E-state index contributed by atoms with van der Waals surface area (Å²) in [5.41, 5.74) is 3.55. The fourth-order valence-electron chi connectivity index (χ4n) is 3.05. The quantitative estimate of drug-likeness (QED) is 0.766. The highest BCUT2D eigenvalue weighted by Gasteiger charge is 2.13. The molecule has 0 aliphatic carbocycles. The molecule has 3 rings (SSSR count). The summed E-state index contributed by atoms with van der Waals surface area (Å²) in [6.45, 7) is 4.11. The van der Waals surface area contributed by atoms with Gasteiger partial charge in [-0.1, -0.05) is 59.7 Å². The fourth-order valence-corrected chi connectivity index (χ4v) is 3.05. The van der Waals surface area contributed by atoms with Crippen LogP contribution in [0.25, 0.3) is 10.8 Å². The molecular weight excluding hydrogens is 298 g/mol. The number of amides is 1. The molecule has 2 N–H and O–H groups in total. The number of carbonyl (C=O) groups excluding carboxylic acids is 1. The van der Waals surface area contributed by atoms with Gasteiger partial charge in [-0.2, -0.15) is 0 Å². The molecule has 0 fully saturated rings. The fraction of sp³-hybridized carbons (Fsp3) is 0.190. The Morgan fingerprint density at radius 2 is 1.67 bits per heavy atom. The summed E-state index contributed by atoms with van der Waals surface area (Å²) < 4.78 is 0. The molecule has 0 saturated carbocycles. The largest absolute Gasteiger partial charge is 0.387 e. The first kappa shape index (κ1) is 16.2. The molecule has 0 radical (unpaired) electrons. The summed E-state index contributed by atoms with van der Waals surface area (Å²) in [5.74, 6) is -0.166. The highest BCUT2D eigenvalue weighted by atomic mass is 16.3. The SMILES string of the molecule is Cc1cc(C)cc(C(=O)NCC(O)c2cccc3ccccc23)c1. The molecule has 1 atom stereocenters. The second kappa shape index (κ2) is 6.85. The lowest BCUT2D eigenvalue weighted by Gasteiger charge is -2.15. The van der Waals surface area contributed by atoms with E-state index >= 15 is 0 Å². The number of rotatable bonds is 4. The van der Waals surface area contributed by atoms with E-state index in [0.29, 0.717) is 5.56 Å². The minimum absolute atomic E-state index is 0.166. The lowest BCUT2D eigenvalue weighted by atomic mass is 10.0. The molecule has 3 aromatic rings. The number of fused-ring (bicyclic) bond motifs is 1. The predicted octanol–water partition coefficient (Wildman–Crippen LogP) is 3.92. The van der Waals surface area contributed by atoms with Crippen molar-refractivity contribution < 1.29 is 9.90 Å². The number of hydrogen-bond acceptors (Lipinski definition) is 2. The van der Waals surface area contributed by atoms with Crippen molar-refractivity contribution in [3.05, 3.63) is 82.9 Å². The predicted molar refractivity (Wildman–Crippen MR) is 97.2 cm³/mol. The molecule has 0 spiro atoms. The Morgan fingerprint density at radius 1 is 1.00 bits per heavy atom. The van der Waals surface area contributed by atoms with Crippen molar-refractivity contribution in [2.75, 3.05) is 6.54 Å². The van der Waals surface area contributed by atoms with Crippen LogP contribution in [-0.2, 0) is 0 Å². The summed E-state index contributed by atoms with van der Waals surface area (Å²) in [7, 11) is 0. The zero-order valence-electron chi connectivity index (χ0n) is 13.9. The zero-order chi connectivity index (χ0) is 17.1. The van der Waals surface area contributed by atoms with Crippen LogP contribution < -0.4 is 5.32 Å². The lowest BCUT2D eigenvalue weighted by molar-refractivity contribution is 0.0917. The van der Waals surface area contributed by atoms with Crippen LogP contribution in [-0.4, -0.2) is 17.6 Å². The van der Waals surface area contributed by atoms with E-state index < -0.39 is 6.10 Å². The smallest absolute Gasteiger partial charge is 0.251 e. The highest BCUT2D eigenvalue weighted by molar-refractivity contribution is 5.94. The van der Waals surface area contributed by atoms with Gasteiger partial charge < -0.3 is 10.4 Å². The Labute approximate surface area is 142 Å². The third-order valence-corrected chi connectivity index (χ3v) is 4.12. The molecule has 1 unspecified atom stereocenters. The Bertz CT molecular complexity index is 860. The van der Waals surface area contributed by atoms with E-state index in [1.165, 1.54) is 0 Å². The van der Waals surface area contributed by atoms with Gasteiger partial charge in [0.1, 0.15) is 0 Å². The highest BCUT2D eigenvalue weighted by Crippen LogP contribution is 2.24. The van der Waals surface area contributed by atoms with E-state index in [9.17, 15) is 9.90 Å². The third-order valence-electron chi connectivity index (χ3n) is 4.12. The van der Waals surface area contributed by atoms with Crippen LogP contribution in [0.2, 0.25) is 0 Å². The van der Waals surface area contributed by atoms with Crippen LogP contribution in [0.4, 0.5) is 0 Å². The molecule has 0 aliphatic rings. The van der Waals surface area contributed by atoms with Crippen LogP contribution in [0.3, 0.4) is 0 Å². The first-order valence-electron chi connectivity index (χ1n) is 8.07. The average molecular weight is 319 g/mol. The molecular formula is C21H21NO2. The average Bonchev–Trinajstić information content (AvgIpc) is 2.58. The van der Waals surface area contributed by atoms with Gasteiger partial charge in [0.15, 0.2) is 0 Å². The molecule has 1 amide bonds. The third kappa shape index (κ3) is 3.47. The van der Waals surface area contributed by atoms with Crippen molar-refractivity contribution in [2.45, 2.75) is 20.0 Å². The van der Waals surface area contributed by atoms with Crippen LogP contribution in [0.1, 0.15) is 33.2 Å². The number of nitrogens with one attached hydrogen (secondary N) is 1. The van der Waals surface area contributed by atoms with Crippen molar-refractivity contribution in [3.63, 3.8) is 0 Å². The van der Waals surface area contributed by atoms with E-state index in [-0.39, 0.29) is 12.5 Å². The van der Waals surface area contributed by atoms with Gasteiger partial charge in [-0.3, -0.25) is 4.79 Å². The van der Waals surface area contributed by atoms with E-state index in [2.05, 4.69) is 5.32 Å². The van der Waals surface area contributed by atoms with E-state index in [1.807, 2.05) is 74.5 Å². The van der Waals surface area contributed by atoms with Crippen LogP contribution in [0, 0.1) is 13.8 Å². The first-order valence-corrected chi connectivity index (χ1v) is 8.07. The summed E-state index contributed by atoms with van der Waals surface area (Å²) in [6.07, 6.45) is -0.744. The maximum Gasteiger partial charge on any atom is 0.251 e. The standard InChI is InChI=1S/C21H21NO2/c1-14-10-15(2)12-17(11-14)21(24)22-13-20(23)19-9-5-7-16-6-3-4-8-18(16)19/h3-12,20,23H,13H2,1-2H3,(H,22,24). The summed E-state index contributed by atoms with van der Waals surface area (Å²) in [6, 6.07) is 19.5. The number of aliphatic hydroxyl groups excluding tert-OH is 1. The molecule has 24 heavy (non-hydrogen) atoms. The Balaban J connectivity index is 1.75. The Hall–Kier alpha value is -2.65. The van der Waals surface area contributed by atoms with Crippen molar-refractivity contribution >= 4 is 16.7 Å². The van der Waals surface area contributed by atoms with Crippen LogP contribution in [0.5, 0.6) is 0 Å². The molecule has 0 aromatic heterocycles. The molecule has 0 heterocycles. The van der Waals surface area contributed by atoms with E-state index in [4.69, 9.17) is 0 Å². The van der Waals surface area contributed by atoms with E-state index in [0.717, 1.165) is 27.5 Å². The topological polar surface area (TPSA) is 49.3 Å². The van der Waals surface area contributed by atoms with Crippen molar-refractivity contribution in [1.29, 1.82) is 0 Å². The number of benzene rings is 3. The normalized spacial score (nSPS) is 12.1. The van der Waals surface area contributed by atoms with Crippen molar-refractivity contribution in [2.24, 2.45) is 0 Å². The Kier molecular flexibility index (Phi) is 4.63. The number of hydrogen-bond donors (Lipinski definition) is 2. The second-order valence-corrected chi connectivity index (χ2v) is 6.17. The van der Waals surface area contributed by atoms with Gasteiger partial charge in [-0.15, -0.1) is 0 Å². The molecule has 0 saturated heterocycles. The maximum absolute atomic E-state index is 12.3. The minimum atomic E-state index is -0.744. The van der Waals surface area contributed by atoms with Crippen LogP contribution in [0.15, 0.2) is 60.7 Å². The van der Waals surface area contributed by atoms with Gasteiger partial charge >= 0.3 is 0 Å². The molecule has 3 heteroatoms. The second-order valence-electron chi connectivity index (χ2n) is 6.17. The number of aliphatic hydroxyl groups is 1. The first-order chi connectivity index (χ1) is 11.5. The number of carbonyl (C=O) groups is 1. The number of aryl methyl sites for hydroxylation is 2.